The summed E-state index contributed by atoms with van der Waals surface area (Å²) in [6.45, 7) is 2.16. The van der Waals surface area contributed by atoms with E-state index in [1.807, 2.05) is 0 Å². The minimum Gasteiger partial charge on any atom is -0.478 e. The highest BCUT2D eigenvalue weighted by Gasteiger charge is 2.43. The molecule has 0 aromatic rings. The first-order valence-corrected chi connectivity index (χ1v) is 6.70. The Labute approximate surface area is 118 Å². The third kappa shape index (κ3) is 4.29. The molecule has 0 unspecified atom stereocenters. The molecule has 1 rings (SSSR count). The van der Waals surface area contributed by atoms with Gasteiger partial charge in [0.1, 0.15) is 17.8 Å². The summed E-state index contributed by atoms with van der Waals surface area (Å²) in [5.41, 5.74) is 10.1. The number of esters is 1. The molecule has 20 heavy (non-hydrogen) atoms. The van der Waals surface area contributed by atoms with Gasteiger partial charge in [-0.2, -0.15) is 0 Å². The van der Waals surface area contributed by atoms with E-state index in [4.69, 9.17) is 20.9 Å². The molecule has 0 bridgehead atoms. The van der Waals surface area contributed by atoms with Gasteiger partial charge in [-0.15, -0.1) is 0 Å². The number of ketones is 1. The Morgan fingerprint density at radius 3 is 2.55 bits per heavy atom. The highest BCUT2D eigenvalue weighted by Crippen LogP contribution is 2.36. The van der Waals surface area contributed by atoms with Crippen LogP contribution in [0.15, 0.2) is 24.2 Å². The Bertz CT molecular complexity index is 405. The van der Waals surface area contributed by atoms with Crippen LogP contribution in [0.4, 0.5) is 0 Å². The summed E-state index contributed by atoms with van der Waals surface area (Å²) in [5.74, 6) is 0.0152. The molecule has 1 fully saturated rings. The molecular formula is C14H22N2O4. The molecule has 1 aliphatic rings. The molecule has 1 saturated carbocycles. The van der Waals surface area contributed by atoms with Crippen LogP contribution in [0.25, 0.3) is 0 Å². The number of Topliss-reactive ketones (excluding diaryl/α,β-unsaturated/α-hetero) is 1. The Hall–Kier alpha value is -1.98. The van der Waals surface area contributed by atoms with Gasteiger partial charge in [-0.1, -0.05) is 0 Å². The molecule has 0 aliphatic heterocycles. The van der Waals surface area contributed by atoms with Crippen LogP contribution in [0.2, 0.25) is 0 Å². The lowest BCUT2D eigenvalue weighted by Crippen LogP contribution is -2.41. The van der Waals surface area contributed by atoms with Gasteiger partial charge in [0, 0.05) is 12.8 Å². The van der Waals surface area contributed by atoms with Gasteiger partial charge in [0.25, 0.3) is 0 Å². The van der Waals surface area contributed by atoms with Crippen molar-refractivity contribution in [3.8, 4) is 0 Å². The van der Waals surface area contributed by atoms with E-state index in [-0.39, 0.29) is 24.2 Å². The van der Waals surface area contributed by atoms with Crippen molar-refractivity contribution in [2.45, 2.75) is 32.6 Å². The van der Waals surface area contributed by atoms with E-state index in [1.54, 1.807) is 6.92 Å². The molecule has 1 aliphatic carbocycles. The fraction of sp³-hybridized carbons (Fsp3) is 0.571. The van der Waals surface area contributed by atoms with Gasteiger partial charge in [-0.3, -0.25) is 9.59 Å². The predicted molar refractivity (Wildman–Crippen MR) is 74.1 cm³/mol. The maximum absolute atomic E-state index is 12.1. The normalized spacial score (nSPS) is 19.1. The van der Waals surface area contributed by atoms with E-state index in [9.17, 15) is 9.59 Å². The zero-order valence-corrected chi connectivity index (χ0v) is 11.8. The van der Waals surface area contributed by atoms with Crippen LogP contribution in [-0.4, -0.2) is 25.0 Å². The van der Waals surface area contributed by atoms with E-state index in [2.05, 4.69) is 0 Å². The number of nitrogens with two attached hydrogens (primary N) is 2. The first-order chi connectivity index (χ1) is 9.54. The zero-order valence-electron chi connectivity index (χ0n) is 11.8. The first-order valence-electron chi connectivity index (χ1n) is 6.70. The van der Waals surface area contributed by atoms with Crippen LogP contribution < -0.4 is 11.5 Å². The third-order valence-electron chi connectivity index (χ3n) is 3.36. The van der Waals surface area contributed by atoms with Crippen molar-refractivity contribution >= 4 is 11.8 Å². The molecular weight excluding hydrogens is 260 g/mol. The summed E-state index contributed by atoms with van der Waals surface area (Å²) in [7, 11) is 0. The topological polar surface area (TPSA) is 105 Å². The van der Waals surface area contributed by atoms with Gasteiger partial charge in [0.2, 0.25) is 0 Å². The molecule has 0 aromatic carbocycles. The molecule has 112 valence electrons. The van der Waals surface area contributed by atoms with Gasteiger partial charge in [-0.05, 0) is 38.1 Å². The number of allylic oxidation sites excluding steroid dienone is 2. The van der Waals surface area contributed by atoms with Gasteiger partial charge < -0.3 is 20.9 Å². The summed E-state index contributed by atoms with van der Waals surface area (Å²) < 4.78 is 10.5. The van der Waals surface area contributed by atoms with Gasteiger partial charge in [0.15, 0.2) is 5.88 Å². The first kappa shape index (κ1) is 16.1. The van der Waals surface area contributed by atoms with Crippen LogP contribution in [0.5, 0.6) is 0 Å². The number of carbonyl (C=O) groups excluding carboxylic acids is 2. The van der Waals surface area contributed by atoms with Crippen molar-refractivity contribution < 1.29 is 19.1 Å². The van der Waals surface area contributed by atoms with Crippen molar-refractivity contribution in [3.63, 3.8) is 0 Å². The maximum atomic E-state index is 12.1. The summed E-state index contributed by atoms with van der Waals surface area (Å²) in [4.78, 5) is 23.5. The number of ether oxygens (including phenoxy) is 2. The number of rotatable bonds is 6. The van der Waals surface area contributed by atoms with Gasteiger partial charge in [0.05, 0.1) is 6.61 Å². The van der Waals surface area contributed by atoms with E-state index in [1.165, 1.54) is 18.4 Å². The largest absolute Gasteiger partial charge is 0.478 e. The van der Waals surface area contributed by atoms with Crippen molar-refractivity contribution in [1.82, 2.24) is 0 Å². The van der Waals surface area contributed by atoms with Gasteiger partial charge >= 0.3 is 5.97 Å². The number of hydrogen-bond acceptors (Lipinski definition) is 6. The van der Waals surface area contributed by atoms with Crippen LogP contribution in [0.1, 0.15) is 32.6 Å². The highest BCUT2D eigenvalue weighted by atomic mass is 16.5. The summed E-state index contributed by atoms with van der Waals surface area (Å²) in [6.07, 6.45) is 5.98. The minimum absolute atomic E-state index is 0.111. The monoisotopic (exact) mass is 282 g/mol. The zero-order chi connectivity index (χ0) is 15.0. The number of carbonyl (C=O) groups is 2. The summed E-state index contributed by atoms with van der Waals surface area (Å²) in [6, 6.07) is 0. The highest BCUT2D eigenvalue weighted by molar-refractivity contribution is 5.84. The lowest BCUT2D eigenvalue weighted by Gasteiger charge is -2.33. The molecule has 0 aromatic heterocycles. The third-order valence-corrected chi connectivity index (χ3v) is 3.36. The van der Waals surface area contributed by atoms with Crippen LogP contribution in [0, 0.1) is 5.41 Å². The van der Waals surface area contributed by atoms with E-state index in [0.717, 1.165) is 0 Å². The molecule has 0 radical (unpaired) electrons. The fourth-order valence-corrected chi connectivity index (χ4v) is 2.12. The van der Waals surface area contributed by atoms with Crippen LogP contribution in [0.3, 0.4) is 0 Å². The van der Waals surface area contributed by atoms with Crippen LogP contribution in [-0.2, 0) is 19.1 Å². The Morgan fingerprint density at radius 2 is 2.00 bits per heavy atom. The second-order valence-electron chi connectivity index (χ2n) is 4.78. The average molecular weight is 282 g/mol. The lowest BCUT2D eigenvalue weighted by molar-refractivity contribution is -0.161. The second-order valence-corrected chi connectivity index (χ2v) is 4.78. The van der Waals surface area contributed by atoms with E-state index >= 15 is 0 Å². The van der Waals surface area contributed by atoms with Gasteiger partial charge in [-0.25, -0.2) is 0 Å². The van der Waals surface area contributed by atoms with Crippen molar-refractivity contribution in [2.75, 3.05) is 13.2 Å². The molecule has 0 atom stereocenters. The Balaban J connectivity index is 2.73. The second kappa shape index (κ2) is 7.57. The quantitative estimate of drug-likeness (QED) is 0.427. The van der Waals surface area contributed by atoms with Crippen molar-refractivity contribution in [3.05, 3.63) is 24.2 Å². The predicted octanol–water partition coefficient (Wildman–Crippen LogP) is 0.968. The van der Waals surface area contributed by atoms with Crippen molar-refractivity contribution in [1.29, 1.82) is 0 Å². The Kier molecular flexibility index (Phi) is 6.09. The minimum atomic E-state index is -0.783. The SMILES string of the molecule is CCOC(=O)C1(CO/C(N)=C/C=C\N)CCC(=O)CC1. The molecule has 0 spiro atoms. The Morgan fingerprint density at radius 1 is 1.35 bits per heavy atom. The molecule has 0 saturated heterocycles. The van der Waals surface area contributed by atoms with Crippen molar-refractivity contribution in [2.24, 2.45) is 16.9 Å². The maximum Gasteiger partial charge on any atom is 0.315 e. The van der Waals surface area contributed by atoms with E-state index < -0.39 is 5.41 Å². The molecule has 6 heteroatoms. The van der Waals surface area contributed by atoms with E-state index in [0.29, 0.717) is 32.3 Å². The standard InChI is InChI=1S/C14H22N2O4/c1-2-19-13(18)14(7-5-11(17)6-8-14)10-20-12(16)4-3-9-15/h3-4,9H,2,5-8,10,15-16H2,1H3/b9-3-,12-4+. The fourth-order valence-electron chi connectivity index (χ4n) is 2.12. The van der Waals surface area contributed by atoms with Crippen LogP contribution >= 0.6 is 0 Å². The lowest BCUT2D eigenvalue weighted by atomic mass is 9.74. The summed E-state index contributed by atoms with van der Waals surface area (Å²) >= 11 is 0. The molecule has 0 amide bonds. The average Bonchev–Trinajstić information content (AvgIpc) is 2.45. The molecule has 6 nitrogen and oxygen atoms in total. The smallest absolute Gasteiger partial charge is 0.315 e. The molecule has 4 N–H and O–H groups in total. The molecule has 0 heterocycles. The number of hydrogen-bond donors (Lipinski definition) is 2. The summed E-state index contributed by atoms with van der Waals surface area (Å²) in [5, 5.41) is 0.